The summed E-state index contributed by atoms with van der Waals surface area (Å²) in [5, 5.41) is 8.89. The number of carboxylic acid groups (broad SMARTS) is 1. The molecule has 1 atom stereocenters. The minimum Gasteiger partial charge on any atom is -0.486 e. The first-order valence-electron chi connectivity index (χ1n) is 9.60. The fraction of sp³-hybridized carbons (Fsp3) is 0.391. The zero-order valence-corrected chi connectivity index (χ0v) is 17.4. The molecule has 29 heavy (non-hydrogen) atoms. The predicted octanol–water partition coefficient (Wildman–Crippen LogP) is 4.69. The Morgan fingerprint density at radius 1 is 1.03 bits per heavy atom. The summed E-state index contributed by atoms with van der Waals surface area (Å²) in [6.45, 7) is 5.97. The highest BCUT2D eigenvalue weighted by molar-refractivity contribution is 5.70. The van der Waals surface area contributed by atoms with E-state index in [1.54, 1.807) is 36.2 Å². The molecule has 0 radical (unpaired) electrons. The molecule has 1 amide bonds. The van der Waals surface area contributed by atoms with E-state index in [1.807, 2.05) is 51.1 Å². The second-order valence-electron chi connectivity index (χ2n) is 7.92. The summed E-state index contributed by atoms with van der Waals surface area (Å²) in [7, 11) is 1.71. The lowest BCUT2D eigenvalue weighted by atomic mass is 10.1. The van der Waals surface area contributed by atoms with Crippen LogP contribution in [0.1, 0.15) is 44.4 Å². The summed E-state index contributed by atoms with van der Waals surface area (Å²) in [4.78, 5) is 24.6. The zero-order chi connectivity index (χ0) is 21.4. The smallest absolute Gasteiger partial charge is 0.410 e. The Labute approximate surface area is 172 Å². The van der Waals surface area contributed by atoms with Crippen molar-refractivity contribution in [1.82, 2.24) is 4.90 Å². The van der Waals surface area contributed by atoms with Crippen LogP contribution in [0, 0.1) is 0 Å². The van der Waals surface area contributed by atoms with Crippen molar-refractivity contribution in [3.8, 4) is 5.75 Å². The highest BCUT2D eigenvalue weighted by atomic mass is 16.6. The van der Waals surface area contributed by atoms with Crippen LogP contribution in [0.5, 0.6) is 5.75 Å². The minimum atomic E-state index is -0.869. The SMILES string of the molecule is CN(CCC(Oc1ccc(CC(=O)O)cc1)c1ccccc1)C(=O)OC(C)(C)C. The Balaban J connectivity index is 2.06. The van der Waals surface area contributed by atoms with Crippen LogP contribution in [0.4, 0.5) is 4.79 Å². The monoisotopic (exact) mass is 399 g/mol. The van der Waals surface area contributed by atoms with E-state index in [9.17, 15) is 9.59 Å². The molecule has 0 heterocycles. The topological polar surface area (TPSA) is 76.1 Å². The molecule has 6 heteroatoms. The first-order valence-corrected chi connectivity index (χ1v) is 9.60. The van der Waals surface area contributed by atoms with Gasteiger partial charge < -0.3 is 19.5 Å². The molecule has 0 aromatic heterocycles. The second-order valence-corrected chi connectivity index (χ2v) is 7.92. The molecule has 0 fully saturated rings. The number of benzene rings is 2. The van der Waals surface area contributed by atoms with Crippen LogP contribution < -0.4 is 4.74 Å². The molecule has 6 nitrogen and oxygen atoms in total. The number of hydrogen-bond donors (Lipinski definition) is 1. The van der Waals surface area contributed by atoms with Gasteiger partial charge in [0, 0.05) is 20.0 Å². The van der Waals surface area contributed by atoms with Gasteiger partial charge in [-0.25, -0.2) is 4.79 Å². The van der Waals surface area contributed by atoms with E-state index in [0.717, 1.165) is 5.56 Å². The van der Waals surface area contributed by atoms with Crippen LogP contribution in [0.15, 0.2) is 54.6 Å². The van der Waals surface area contributed by atoms with E-state index in [2.05, 4.69) is 0 Å². The maximum absolute atomic E-state index is 12.2. The fourth-order valence-corrected chi connectivity index (χ4v) is 2.73. The second kappa shape index (κ2) is 9.96. The van der Waals surface area contributed by atoms with Gasteiger partial charge >= 0.3 is 12.1 Å². The van der Waals surface area contributed by atoms with Crippen molar-refractivity contribution in [3.05, 3.63) is 65.7 Å². The van der Waals surface area contributed by atoms with Gasteiger partial charge in [-0.05, 0) is 44.0 Å². The molecule has 0 saturated heterocycles. The summed E-state index contributed by atoms with van der Waals surface area (Å²) in [5.74, 6) is -0.223. The molecular formula is C23H29NO5. The van der Waals surface area contributed by atoms with Gasteiger partial charge in [0.05, 0.1) is 6.42 Å². The molecular weight excluding hydrogens is 370 g/mol. The van der Waals surface area contributed by atoms with Crippen molar-refractivity contribution in [2.75, 3.05) is 13.6 Å². The number of aliphatic carboxylic acids is 1. The van der Waals surface area contributed by atoms with E-state index < -0.39 is 11.6 Å². The number of amides is 1. The Kier molecular flexibility index (Phi) is 7.65. The molecule has 0 saturated carbocycles. The van der Waals surface area contributed by atoms with Gasteiger partial charge in [-0.1, -0.05) is 42.5 Å². The summed E-state index contributed by atoms with van der Waals surface area (Å²) in [6.07, 6.45) is -0.0755. The third-order valence-corrected chi connectivity index (χ3v) is 4.16. The number of ether oxygens (including phenoxy) is 2. The van der Waals surface area contributed by atoms with Gasteiger partial charge in [0.15, 0.2) is 0 Å². The van der Waals surface area contributed by atoms with Gasteiger partial charge in [-0.2, -0.15) is 0 Å². The number of hydrogen-bond acceptors (Lipinski definition) is 4. The van der Waals surface area contributed by atoms with Crippen molar-refractivity contribution >= 4 is 12.1 Å². The van der Waals surface area contributed by atoms with Gasteiger partial charge in [0.25, 0.3) is 0 Å². The largest absolute Gasteiger partial charge is 0.486 e. The summed E-state index contributed by atoms with van der Waals surface area (Å²) in [6, 6.07) is 16.8. The van der Waals surface area contributed by atoms with E-state index in [0.29, 0.717) is 24.3 Å². The summed E-state index contributed by atoms with van der Waals surface area (Å²) in [5.41, 5.74) is 1.17. The minimum absolute atomic E-state index is 0.0247. The average molecular weight is 399 g/mol. The fourth-order valence-electron chi connectivity index (χ4n) is 2.73. The Bertz CT molecular complexity index is 796. The summed E-state index contributed by atoms with van der Waals surface area (Å²) < 4.78 is 11.6. The lowest BCUT2D eigenvalue weighted by molar-refractivity contribution is -0.136. The molecule has 0 aliphatic carbocycles. The first-order chi connectivity index (χ1) is 13.6. The van der Waals surface area contributed by atoms with Crippen molar-refractivity contribution < 1.29 is 24.2 Å². The van der Waals surface area contributed by atoms with E-state index in [-0.39, 0.29) is 18.6 Å². The first kappa shape index (κ1) is 22.3. The van der Waals surface area contributed by atoms with Crippen LogP contribution >= 0.6 is 0 Å². The standard InChI is InChI=1S/C23H29NO5/c1-23(2,3)29-22(27)24(4)15-14-20(18-8-6-5-7-9-18)28-19-12-10-17(11-13-19)16-21(25)26/h5-13,20H,14-16H2,1-4H3,(H,25,26). The Hall–Kier alpha value is -3.02. The van der Waals surface area contributed by atoms with Crippen LogP contribution in [-0.4, -0.2) is 41.3 Å². The normalized spacial score (nSPS) is 12.1. The van der Waals surface area contributed by atoms with Gasteiger partial charge in [0.2, 0.25) is 0 Å². The molecule has 2 rings (SSSR count). The predicted molar refractivity (Wildman–Crippen MR) is 111 cm³/mol. The maximum atomic E-state index is 12.2. The molecule has 0 bridgehead atoms. The Morgan fingerprint density at radius 2 is 1.66 bits per heavy atom. The van der Waals surface area contributed by atoms with Gasteiger partial charge in [0.1, 0.15) is 17.5 Å². The molecule has 1 N–H and O–H groups in total. The van der Waals surface area contributed by atoms with E-state index >= 15 is 0 Å². The number of carboxylic acids is 1. The summed E-state index contributed by atoms with van der Waals surface area (Å²) >= 11 is 0. The number of carbonyl (C=O) groups excluding carboxylic acids is 1. The van der Waals surface area contributed by atoms with Crippen LogP contribution in [0.2, 0.25) is 0 Å². The highest BCUT2D eigenvalue weighted by Crippen LogP contribution is 2.26. The number of carbonyl (C=O) groups is 2. The molecule has 0 spiro atoms. The third kappa shape index (κ3) is 7.86. The zero-order valence-electron chi connectivity index (χ0n) is 17.4. The van der Waals surface area contributed by atoms with Gasteiger partial charge in [-0.15, -0.1) is 0 Å². The van der Waals surface area contributed by atoms with Crippen LogP contribution in [0.25, 0.3) is 0 Å². The highest BCUT2D eigenvalue weighted by Gasteiger charge is 2.21. The lowest BCUT2D eigenvalue weighted by Crippen LogP contribution is -2.35. The maximum Gasteiger partial charge on any atom is 0.410 e. The van der Waals surface area contributed by atoms with E-state index in [1.165, 1.54) is 0 Å². The molecule has 2 aromatic rings. The lowest BCUT2D eigenvalue weighted by Gasteiger charge is -2.26. The molecule has 0 aliphatic heterocycles. The quantitative estimate of drug-likeness (QED) is 0.697. The molecule has 2 aromatic carbocycles. The van der Waals surface area contributed by atoms with Crippen molar-refractivity contribution in [2.24, 2.45) is 0 Å². The molecule has 0 aliphatic rings. The average Bonchev–Trinajstić information content (AvgIpc) is 2.65. The third-order valence-electron chi connectivity index (χ3n) is 4.16. The number of rotatable bonds is 8. The number of nitrogens with zero attached hydrogens (tertiary/aromatic N) is 1. The van der Waals surface area contributed by atoms with Crippen molar-refractivity contribution in [1.29, 1.82) is 0 Å². The van der Waals surface area contributed by atoms with E-state index in [4.69, 9.17) is 14.6 Å². The van der Waals surface area contributed by atoms with Crippen molar-refractivity contribution in [3.63, 3.8) is 0 Å². The molecule has 1 unspecified atom stereocenters. The van der Waals surface area contributed by atoms with Crippen LogP contribution in [-0.2, 0) is 16.0 Å². The van der Waals surface area contributed by atoms with Crippen LogP contribution in [0.3, 0.4) is 0 Å². The van der Waals surface area contributed by atoms with Crippen molar-refractivity contribution in [2.45, 2.75) is 45.3 Å². The molecule has 156 valence electrons. The van der Waals surface area contributed by atoms with Gasteiger partial charge in [-0.3, -0.25) is 4.79 Å². The Morgan fingerprint density at radius 3 is 2.21 bits per heavy atom.